The predicted molar refractivity (Wildman–Crippen MR) is 103 cm³/mol. The Morgan fingerprint density at radius 1 is 1.08 bits per heavy atom. The lowest BCUT2D eigenvalue weighted by Crippen LogP contribution is -2.54. The molecule has 136 valence electrons. The van der Waals surface area contributed by atoms with Crippen LogP contribution in [0.1, 0.15) is 24.2 Å². The Kier molecular flexibility index (Phi) is 7.43. The van der Waals surface area contributed by atoms with E-state index in [1.807, 2.05) is 51.2 Å². The Balaban J connectivity index is 2.12. The van der Waals surface area contributed by atoms with Gasteiger partial charge < -0.3 is 18.9 Å². The van der Waals surface area contributed by atoms with E-state index in [9.17, 15) is 14.4 Å². The van der Waals surface area contributed by atoms with Crippen molar-refractivity contribution in [2.24, 2.45) is 0 Å². The summed E-state index contributed by atoms with van der Waals surface area (Å²) in [4.78, 5) is 35.0. The van der Waals surface area contributed by atoms with Gasteiger partial charge in [0.2, 0.25) is 6.29 Å². The van der Waals surface area contributed by atoms with E-state index in [2.05, 4.69) is 0 Å². The van der Waals surface area contributed by atoms with E-state index in [4.69, 9.17) is 18.9 Å². The molecule has 0 saturated carbocycles. The number of hydrogen-bond acceptors (Lipinski definition) is 7. The van der Waals surface area contributed by atoms with Crippen LogP contribution in [0, 0.1) is 3.57 Å². The third-order valence-electron chi connectivity index (χ3n) is 3.30. The topological polar surface area (TPSA) is 88.1 Å². The van der Waals surface area contributed by atoms with Gasteiger partial charge in [0, 0.05) is 17.4 Å². The smallest absolute Gasteiger partial charge is 0.341 e. The van der Waals surface area contributed by atoms with Gasteiger partial charge >= 0.3 is 17.9 Å². The fraction of sp³-hybridized carbons (Fsp3) is 0.438. The van der Waals surface area contributed by atoms with Crippen LogP contribution in [0.4, 0.5) is 0 Å². The minimum atomic E-state index is -0.930. The quantitative estimate of drug-likeness (QED) is 0.237. The van der Waals surface area contributed by atoms with Gasteiger partial charge in [-0.1, -0.05) is 34.7 Å². The number of carbonyl (C=O) groups excluding carboxylic acids is 3. The molecular formula is C16H16I2O7. The van der Waals surface area contributed by atoms with Gasteiger partial charge in [-0.3, -0.25) is 9.59 Å². The average molecular weight is 574 g/mol. The third-order valence-corrected chi connectivity index (χ3v) is 5.54. The molecule has 1 fully saturated rings. The normalized spacial score (nSPS) is 25.8. The van der Waals surface area contributed by atoms with Crippen LogP contribution in [0.2, 0.25) is 0 Å². The summed E-state index contributed by atoms with van der Waals surface area (Å²) in [6.07, 6.45) is -2.46. The molecule has 1 aliphatic heterocycles. The number of alkyl halides is 1. The molecule has 0 radical (unpaired) electrons. The summed E-state index contributed by atoms with van der Waals surface area (Å²) in [7, 11) is 0. The summed E-state index contributed by atoms with van der Waals surface area (Å²) in [5.74, 6) is -1.57. The fourth-order valence-electron chi connectivity index (χ4n) is 2.28. The molecule has 7 nitrogen and oxygen atoms in total. The molecule has 1 heterocycles. The SMILES string of the molecule is CC(=O)O[C@H]1[C@H](I)[C@@H](OC(=O)c2ccccc2I)OC[C@H]1OC(C)=O. The van der Waals surface area contributed by atoms with Gasteiger partial charge in [-0.05, 0) is 34.7 Å². The molecule has 0 spiro atoms. The van der Waals surface area contributed by atoms with E-state index in [-0.39, 0.29) is 6.61 Å². The van der Waals surface area contributed by atoms with Crippen molar-refractivity contribution in [2.75, 3.05) is 6.61 Å². The highest BCUT2D eigenvalue weighted by atomic mass is 127. The van der Waals surface area contributed by atoms with Crippen LogP contribution in [0.5, 0.6) is 0 Å². The van der Waals surface area contributed by atoms with Crippen molar-refractivity contribution in [3.8, 4) is 0 Å². The zero-order valence-electron chi connectivity index (χ0n) is 13.4. The van der Waals surface area contributed by atoms with Crippen LogP contribution in [-0.2, 0) is 28.5 Å². The Morgan fingerprint density at radius 2 is 1.72 bits per heavy atom. The molecule has 0 N–H and O–H groups in total. The molecule has 4 atom stereocenters. The van der Waals surface area contributed by atoms with Crippen molar-refractivity contribution < 1.29 is 33.3 Å². The van der Waals surface area contributed by atoms with Gasteiger partial charge in [0.15, 0.2) is 12.2 Å². The van der Waals surface area contributed by atoms with Crippen LogP contribution >= 0.6 is 45.2 Å². The monoisotopic (exact) mass is 574 g/mol. The largest absolute Gasteiger partial charge is 0.457 e. The van der Waals surface area contributed by atoms with E-state index >= 15 is 0 Å². The molecule has 1 aromatic carbocycles. The Bertz CT molecular complexity index is 664. The molecule has 0 amide bonds. The zero-order valence-corrected chi connectivity index (χ0v) is 17.8. The lowest BCUT2D eigenvalue weighted by Gasteiger charge is -2.38. The summed E-state index contributed by atoms with van der Waals surface area (Å²) in [5, 5.41) is 0. The van der Waals surface area contributed by atoms with E-state index < -0.39 is 40.3 Å². The summed E-state index contributed by atoms with van der Waals surface area (Å²) >= 11 is 4.01. The van der Waals surface area contributed by atoms with Gasteiger partial charge in [0.05, 0.1) is 12.2 Å². The molecule has 0 aliphatic carbocycles. The maximum absolute atomic E-state index is 12.4. The maximum Gasteiger partial charge on any atom is 0.341 e. The number of carbonyl (C=O) groups is 3. The van der Waals surface area contributed by atoms with Crippen molar-refractivity contribution in [2.45, 2.75) is 36.3 Å². The first-order chi connectivity index (χ1) is 11.8. The van der Waals surface area contributed by atoms with Gasteiger partial charge in [-0.15, -0.1) is 0 Å². The number of halogens is 2. The molecule has 2 rings (SSSR count). The van der Waals surface area contributed by atoms with E-state index in [0.717, 1.165) is 3.57 Å². The zero-order chi connectivity index (χ0) is 18.6. The average Bonchev–Trinajstić information content (AvgIpc) is 2.53. The number of esters is 3. The van der Waals surface area contributed by atoms with Crippen molar-refractivity contribution in [1.29, 1.82) is 0 Å². The van der Waals surface area contributed by atoms with Gasteiger partial charge in [0.1, 0.15) is 3.92 Å². The first-order valence-corrected chi connectivity index (χ1v) is 9.67. The Labute approximate surface area is 172 Å². The van der Waals surface area contributed by atoms with Crippen molar-refractivity contribution in [3.05, 3.63) is 33.4 Å². The van der Waals surface area contributed by atoms with E-state index in [1.54, 1.807) is 18.2 Å². The van der Waals surface area contributed by atoms with Gasteiger partial charge in [0.25, 0.3) is 0 Å². The van der Waals surface area contributed by atoms with Crippen LogP contribution < -0.4 is 0 Å². The minimum absolute atomic E-state index is 0.0408. The molecule has 25 heavy (non-hydrogen) atoms. The fourth-order valence-corrected chi connectivity index (χ4v) is 3.85. The first-order valence-electron chi connectivity index (χ1n) is 7.35. The van der Waals surface area contributed by atoms with Crippen molar-refractivity contribution in [1.82, 2.24) is 0 Å². The predicted octanol–water partition coefficient (Wildman–Crippen LogP) is 2.47. The molecule has 0 unspecified atom stereocenters. The second kappa shape index (κ2) is 9.12. The summed E-state index contributed by atoms with van der Waals surface area (Å²) in [6.45, 7) is 2.48. The van der Waals surface area contributed by atoms with Crippen LogP contribution in [0.25, 0.3) is 0 Å². The van der Waals surface area contributed by atoms with Crippen LogP contribution in [0.15, 0.2) is 24.3 Å². The molecule has 1 aliphatic rings. The highest BCUT2D eigenvalue weighted by Crippen LogP contribution is 2.29. The number of ether oxygens (including phenoxy) is 4. The van der Waals surface area contributed by atoms with Crippen molar-refractivity contribution >= 4 is 63.1 Å². The standard InChI is InChI=1S/C16H16I2O7/c1-8(19)23-12-7-22-16(13(18)14(12)24-9(2)20)25-15(21)10-5-3-4-6-11(10)17/h3-6,12-14,16H,7H2,1-2H3/t12-,13+,14-,16-/m1/s1. The number of benzene rings is 1. The summed E-state index contributed by atoms with van der Waals surface area (Å²) in [5.41, 5.74) is 0.418. The Hall–Kier alpha value is -0.950. The lowest BCUT2D eigenvalue weighted by atomic mass is 10.1. The maximum atomic E-state index is 12.4. The van der Waals surface area contributed by atoms with Gasteiger partial charge in [-0.25, -0.2) is 4.79 Å². The number of hydrogen-bond donors (Lipinski definition) is 0. The second-order valence-corrected chi connectivity index (χ2v) is 7.85. The summed E-state index contributed by atoms with van der Waals surface area (Å²) in [6, 6.07) is 7.00. The van der Waals surface area contributed by atoms with Crippen molar-refractivity contribution in [3.63, 3.8) is 0 Å². The minimum Gasteiger partial charge on any atom is -0.457 e. The number of rotatable bonds is 4. The highest BCUT2D eigenvalue weighted by molar-refractivity contribution is 14.1. The van der Waals surface area contributed by atoms with E-state index in [1.165, 1.54) is 13.8 Å². The first kappa shape index (κ1) is 20.4. The van der Waals surface area contributed by atoms with E-state index in [0.29, 0.717) is 5.56 Å². The Morgan fingerprint density at radius 3 is 2.32 bits per heavy atom. The third kappa shape index (κ3) is 5.51. The van der Waals surface area contributed by atoms with Crippen LogP contribution in [0.3, 0.4) is 0 Å². The molecule has 9 heteroatoms. The molecule has 0 bridgehead atoms. The van der Waals surface area contributed by atoms with Gasteiger partial charge in [-0.2, -0.15) is 0 Å². The second-order valence-electron chi connectivity index (χ2n) is 5.25. The van der Waals surface area contributed by atoms with Crippen LogP contribution in [-0.4, -0.2) is 46.9 Å². The molecular weight excluding hydrogens is 558 g/mol. The highest BCUT2D eigenvalue weighted by Gasteiger charge is 2.45. The summed E-state index contributed by atoms with van der Waals surface area (Å²) < 4.78 is 21.6. The molecule has 0 aromatic heterocycles. The molecule has 1 aromatic rings. The lowest BCUT2D eigenvalue weighted by molar-refractivity contribution is -0.211. The molecule has 1 saturated heterocycles.